The Kier molecular flexibility index (Phi) is 10.1. The molecule has 6 nitrogen and oxygen atoms in total. The van der Waals surface area contributed by atoms with E-state index in [1.807, 2.05) is 24.3 Å². The van der Waals surface area contributed by atoms with Crippen molar-refractivity contribution in [3.8, 4) is 5.75 Å². The van der Waals surface area contributed by atoms with Crippen LogP contribution in [0.25, 0.3) is 11.0 Å². The summed E-state index contributed by atoms with van der Waals surface area (Å²) in [5.41, 5.74) is 1.46. The van der Waals surface area contributed by atoms with Crippen LogP contribution in [0.2, 0.25) is 0 Å². The second-order valence-corrected chi connectivity index (χ2v) is 9.11. The van der Waals surface area contributed by atoms with Gasteiger partial charge in [0.15, 0.2) is 5.43 Å². The number of unbranched alkanes of at least 4 members (excludes halogenated alkanes) is 3. The van der Waals surface area contributed by atoms with Crippen molar-refractivity contribution in [1.29, 1.82) is 0 Å². The molecule has 3 aromatic rings. The summed E-state index contributed by atoms with van der Waals surface area (Å²) in [6, 6.07) is 15.7. The van der Waals surface area contributed by atoms with Crippen molar-refractivity contribution in [2.45, 2.75) is 75.9 Å². The number of benzene rings is 2. The summed E-state index contributed by atoms with van der Waals surface area (Å²) in [5, 5.41) is 39.9. The third kappa shape index (κ3) is 7.97. The average molecular weight is 469 g/mol. The lowest BCUT2D eigenvalue weighted by atomic mass is 9.88. The molecule has 0 saturated carbocycles. The molecule has 0 saturated heterocycles. The Morgan fingerprint density at radius 3 is 2.29 bits per heavy atom. The molecule has 2 aromatic carbocycles. The Morgan fingerprint density at radius 1 is 0.824 bits per heavy atom. The molecule has 0 amide bonds. The minimum atomic E-state index is -0.629. The number of phenols is 1. The van der Waals surface area contributed by atoms with Gasteiger partial charge in [-0.3, -0.25) is 4.79 Å². The van der Waals surface area contributed by atoms with Crippen LogP contribution in [-0.2, 0) is 6.42 Å². The minimum Gasteiger partial charge on any atom is -0.508 e. The van der Waals surface area contributed by atoms with Gasteiger partial charge in [0.25, 0.3) is 0 Å². The number of phenolic OH excluding ortho intramolecular Hbond substituents is 1. The summed E-state index contributed by atoms with van der Waals surface area (Å²) in [4.78, 5) is 12.5. The predicted octanol–water partition coefficient (Wildman–Crippen LogP) is 4.66. The van der Waals surface area contributed by atoms with Crippen LogP contribution < -0.4 is 5.43 Å². The molecule has 34 heavy (non-hydrogen) atoms. The normalized spacial score (nSPS) is 14.2. The number of hydrogen-bond acceptors (Lipinski definition) is 6. The molecule has 3 rings (SSSR count). The number of aliphatic hydroxyl groups excluding tert-OH is 3. The molecule has 3 unspecified atom stereocenters. The van der Waals surface area contributed by atoms with Crippen LogP contribution >= 0.6 is 0 Å². The van der Waals surface area contributed by atoms with Crippen LogP contribution in [0, 0.1) is 0 Å². The van der Waals surface area contributed by atoms with E-state index in [9.17, 15) is 20.1 Å². The van der Waals surface area contributed by atoms with Gasteiger partial charge in [-0.1, -0.05) is 43.5 Å². The van der Waals surface area contributed by atoms with Gasteiger partial charge in [-0.05, 0) is 67.9 Å². The van der Waals surface area contributed by atoms with Crippen molar-refractivity contribution < 1.29 is 24.8 Å². The zero-order chi connectivity index (χ0) is 24.3. The Bertz CT molecular complexity index is 1060. The minimum absolute atomic E-state index is 0.0183. The van der Waals surface area contributed by atoms with E-state index in [1.54, 1.807) is 24.3 Å². The summed E-state index contributed by atoms with van der Waals surface area (Å²) < 4.78 is 5.99. The van der Waals surface area contributed by atoms with Crippen LogP contribution in [-0.4, -0.2) is 39.2 Å². The summed E-state index contributed by atoms with van der Waals surface area (Å²) in [5.74, 6) is 0.747. The highest BCUT2D eigenvalue weighted by Gasteiger charge is 2.19. The lowest BCUT2D eigenvalue weighted by Gasteiger charge is -2.21. The Labute approximate surface area is 200 Å². The van der Waals surface area contributed by atoms with Gasteiger partial charge >= 0.3 is 0 Å². The van der Waals surface area contributed by atoms with Crippen LogP contribution in [0.5, 0.6) is 5.75 Å². The summed E-state index contributed by atoms with van der Waals surface area (Å²) in [6.07, 6.45) is 5.02. The Hall–Kier alpha value is -2.67. The predicted molar refractivity (Wildman–Crippen MR) is 133 cm³/mol. The number of hydrogen-bond donors (Lipinski definition) is 4. The van der Waals surface area contributed by atoms with Gasteiger partial charge in [0.1, 0.15) is 17.1 Å². The standard InChI is InChI=1S/C28H36O6/c29-16-6-2-1-3-7-23(31)18-24(32)15-12-21(20-10-13-22(30)14-11-20)17-25-19-27(33)26-8-4-5-9-28(26)34-25/h4-5,8-11,13-14,19,21,23-24,29-32H,1-3,6-7,12,15-18H2. The fraction of sp³-hybridized carbons (Fsp3) is 0.464. The molecule has 184 valence electrons. The van der Waals surface area contributed by atoms with Gasteiger partial charge in [-0.15, -0.1) is 0 Å². The summed E-state index contributed by atoms with van der Waals surface area (Å²) in [7, 11) is 0. The number of rotatable bonds is 14. The topological polar surface area (TPSA) is 111 Å². The fourth-order valence-corrected chi connectivity index (χ4v) is 4.42. The number of fused-ring (bicyclic) bond motifs is 1. The summed E-state index contributed by atoms with van der Waals surface area (Å²) in [6.45, 7) is 0.200. The van der Waals surface area contributed by atoms with E-state index in [2.05, 4.69) is 0 Å². The smallest absolute Gasteiger partial charge is 0.192 e. The third-order valence-corrected chi connectivity index (χ3v) is 6.34. The molecule has 0 aliphatic rings. The van der Waals surface area contributed by atoms with Crippen LogP contribution in [0.15, 0.2) is 63.8 Å². The second-order valence-electron chi connectivity index (χ2n) is 9.11. The average Bonchev–Trinajstić information content (AvgIpc) is 2.82. The van der Waals surface area contributed by atoms with E-state index >= 15 is 0 Å². The van der Waals surface area contributed by atoms with Crippen LogP contribution in [0.3, 0.4) is 0 Å². The fourth-order valence-electron chi connectivity index (χ4n) is 4.42. The van der Waals surface area contributed by atoms with Crippen molar-refractivity contribution in [2.75, 3.05) is 6.61 Å². The maximum Gasteiger partial charge on any atom is 0.192 e. The highest BCUT2D eigenvalue weighted by Crippen LogP contribution is 2.29. The summed E-state index contributed by atoms with van der Waals surface area (Å²) >= 11 is 0. The first-order valence-electron chi connectivity index (χ1n) is 12.2. The Morgan fingerprint density at radius 2 is 1.53 bits per heavy atom. The maximum absolute atomic E-state index is 12.5. The van der Waals surface area contributed by atoms with Gasteiger partial charge < -0.3 is 24.8 Å². The molecular formula is C28H36O6. The number of para-hydroxylation sites is 1. The molecular weight excluding hydrogens is 432 g/mol. The van der Waals surface area contributed by atoms with Gasteiger partial charge in [0, 0.05) is 19.1 Å². The molecule has 0 aliphatic heterocycles. The van der Waals surface area contributed by atoms with Crippen molar-refractivity contribution in [3.05, 3.63) is 76.1 Å². The van der Waals surface area contributed by atoms with Crippen LogP contribution in [0.1, 0.15) is 68.6 Å². The molecule has 0 spiro atoms. The molecule has 0 bridgehead atoms. The highest BCUT2D eigenvalue weighted by atomic mass is 16.3. The number of aliphatic hydroxyl groups is 3. The Balaban J connectivity index is 1.63. The molecule has 0 radical (unpaired) electrons. The quantitative estimate of drug-likeness (QED) is 0.256. The van der Waals surface area contributed by atoms with Gasteiger partial charge in [0.05, 0.1) is 17.6 Å². The molecule has 4 N–H and O–H groups in total. The first-order valence-corrected chi connectivity index (χ1v) is 12.2. The molecule has 6 heteroatoms. The van der Waals surface area contributed by atoms with E-state index in [-0.39, 0.29) is 23.7 Å². The van der Waals surface area contributed by atoms with Gasteiger partial charge in [0.2, 0.25) is 0 Å². The van der Waals surface area contributed by atoms with Gasteiger partial charge in [-0.25, -0.2) is 0 Å². The zero-order valence-corrected chi connectivity index (χ0v) is 19.6. The van der Waals surface area contributed by atoms with Crippen molar-refractivity contribution >= 4 is 11.0 Å². The molecule has 3 atom stereocenters. The van der Waals surface area contributed by atoms with Crippen molar-refractivity contribution in [2.24, 2.45) is 0 Å². The highest BCUT2D eigenvalue weighted by molar-refractivity contribution is 5.76. The SMILES string of the molecule is O=c1cc(CC(CCC(O)CC(O)CCCCCCO)c2ccc(O)cc2)oc2ccccc12. The molecule has 1 aromatic heterocycles. The zero-order valence-electron chi connectivity index (χ0n) is 19.6. The lowest BCUT2D eigenvalue weighted by Crippen LogP contribution is -2.19. The van der Waals surface area contributed by atoms with Crippen molar-refractivity contribution in [1.82, 2.24) is 0 Å². The second kappa shape index (κ2) is 13.3. The number of aromatic hydroxyl groups is 1. The lowest BCUT2D eigenvalue weighted by molar-refractivity contribution is 0.0672. The molecule has 0 fully saturated rings. The van der Waals surface area contributed by atoms with E-state index in [1.165, 1.54) is 6.07 Å². The molecule has 1 heterocycles. The third-order valence-electron chi connectivity index (χ3n) is 6.34. The van der Waals surface area contributed by atoms with E-state index in [0.29, 0.717) is 48.8 Å². The van der Waals surface area contributed by atoms with E-state index < -0.39 is 12.2 Å². The van der Waals surface area contributed by atoms with Crippen LogP contribution in [0.4, 0.5) is 0 Å². The monoisotopic (exact) mass is 468 g/mol. The van der Waals surface area contributed by atoms with E-state index in [4.69, 9.17) is 9.52 Å². The van der Waals surface area contributed by atoms with Crippen molar-refractivity contribution in [3.63, 3.8) is 0 Å². The first-order chi connectivity index (χ1) is 16.5. The maximum atomic E-state index is 12.5. The first kappa shape index (κ1) is 25.9. The van der Waals surface area contributed by atoms with E-state index in [0.717, 1.165) is 31.2 Å². The largest absolute Gasteiger partial charge is 0.508 e. The molecule has 0 aliphatic carbocycles. The van der Waals surface area contributed by atoms with Gasteiger partial charge in [-0.2, -0.15) is 0 Å².